The summed E-state index contributed by atoms with van der Waals surface area (Å²) in [6.07, 6.45) is 3.33. The van der Waals surface area contributed by atoms with E-state index in [9.17, 15) is 4.79 Å². The minimum absolute atomic E-state index is 0.129. The van der Waals surface area contributed by atoms with Gasteiger partial charge in [0, 0.05) is 24.9 Å². The quantitative estimate of drug-likeness (QED) is 0.869. The van der Waals surface area contributed by atoms with E-state index in [-0.39, 0.29) is 11.8 Å². The molecular formula is C15H20N2O2. The molecule has 2 heterocycles. The molecule has 1 aromatic rings. The molecule has 0 saturated carbocycles. The van der Waals surface area contributed by atoms with Crippen molar-refractivity contribution < 1.29 is 9.53 Å². The van der Waals surface area contributed by atoms with Gasteiger partial charge in [0.25, 0.3) is 0 Å². The van der Waals surface area contributed by atoms with Gasteiger partial charge in [-0.3, -0.25) is 4.79 Å². The smallest absolute Gasteiger partial charge is 0.229 e. The van der Waals surface area contributed by atoms with E-state index in [0.29, 0.717) is 18.7 Å². The fraction of sp³-hybridized carbons (Fsp3) is 0.533. The van der Waals surface area contributed by atoms with E-state index >= 15 is 0 Å². The molecule has 2 bridgehead atoms. The molecule has 2 aliphatic rings. The van der Waals surface area contributed by atoms with Gasteiger partial charge in [-0.15, -0.1) is 0 Å². The number of carbonyl (C=O) groups excluding carboxylic acids is 1. The number of fused-ring (bicyclic) bond motifs is 2. The van der Waals surface area contributed by atoms with Gasteiger partial charge in [0.05, 0.1) is 12.5 Å². The van der Waals surface area contributed by atoms with Crippen molar-refractivity contribution in [2.24, 2.45) is 5.92 Å². The first-order chi connectivity index (χ1) is 9.26. The Morgan fingerprint density at radius 3 is 3.05 bits per heavy atom. The lowest BCUT2D eigenvalue weighted by molar-refractivity contribution is -0.120. The van der Waals surface area contributed by atoms with Crippen molar-refractivity contribution in [3.05, 3.63) is 29.8 Å². The molecule has 19 heavy (non-hydrogen) atoms. The molecule has 3 unspecified atom stereocenters. The first-order valence-electron chi connectivity index (χ1n) is 6.91. The van der Waals surface area contributed by atoms with E-state index in [4.69, 9.17) is 4.74 Å². The van der Waals surface area contributed by atoms with E-state index < -0.39 is 0 Å². The van der Waals surface area contributed by atoms with Crippen LogP contribution in [0.3, 0.4) is 0 Å². The first kappa shape index (κ1) is 12.6. The molecule has 2 aliphatic heterocycles. The highest BCUT2D eigenvalue weighted by Gasteiger charge is 2.42. The fourth-order valence-corrected chi connectivity index (χ4v) is 3.25. The molecule has 4 heteroatoms. The highest BCUT2D eigenvalue weighted by atomic mass is 16.5. The summed E-state index contributed by atoms with van der Waals surface area (Å²) < 4.78 is 5.11. The summed E-state index contributed by atoms with van der Waals surface area (Å²) in [4.78, 5) is 12.3. The second kappa shape index (κ2) is 5.31. The zero-order valence-electron chi connectivity index (χ0n) is 11.2. The largest absolute Gasteiger partial charge is 0.380 e. The highest BCUT2D eigenvalue weighted by molar-refractivity contribution is 5.93. The van der Waals surface area contributed by atoms with Crippen molar-refractivity contribution in [2.75, 3.05) is 12.4 Å². The lowest BCUT2D eigenvalue weighted by Crippen LogP contribution is -2.32. The van der Waals surface area contributed by atoms with Crippen molar-refractivity contribution in [1.82, 2.24) is 5.32 Å². The third-order valence-electron chi connectivity index (χ3n) is 4.14. The van der Waals surface area contributed by atoms with Gasteiger partial charge < -0.3 is 15.4 Å². The molecule has 2 saturated heterocycles. The molecule has 2 N–H and O–H groups in total. The molecule has 3 rings (SSSR count). The van der Waals surface area contributed by atoms with Crippen LogP contribution in [0.15, 0.2) is 24.3 Å². The zero-order valence-corrected chi connectivity index (χ0v) is 11.2. The lowest BCUT2D eigenvalue weighted by Gasteiger charge is -2.19. The summed E-state index contributed by atoms with van der Waals surface area (Å²) in [7, 11) is 1.67. The minimum atomic E-state index is 0.129. The van der Waals surface area contributed by atoms with Crippen LogP contribution in [-0.4, -0.2) is 25.1 Å². The van der Waals surface area contributed by atoms with Gasteiger partial charge in [-0.2, -0.15) is 0 Å². The fourth-order valence-electron chi connectivity index (χ4n) is 3.25. The minimum Gasteiger partial charge on any atom is -0.380 e. The number of amides is 1. The third kappa shape index (κ3) is 2.65. The standard InChI is InChI=1S/C15H20N2O2/c1-19-9-10-3-2-4-11(7-10)17-15(18)13-8-12-5-6-14(13)16-12/h2-4,7,12-14,16H,5-6,8-9H2,1H3,(H,17,18). The van der Waals surface area contributed by atoms with Gasteiger partial charge in [0.15, 0.2) is 0 Å². The maximum Gasteiger partial charge on any atom is 0.229 e. The van der Waals surface area contributed by atoms with Crippen molar-refractivity contribution in [1.29, 1.82) is 0 Å². The van der Waals surface area contributed by atoms with Crippen LogP contribution in [0.1, 0.15) is 24.8 Å². The second-order valence-electron chi connectivity index (χ2n) is 5.51. The van der Waals surface area contributed by atoms with E-state index in [0.717, 1.165) is 24.1 Å². The molecule has 0 spiro atoms. The zero-order chi connectivity index (χ0) is 13.2. The number of anilines is 1. The Labute approximate surface area is 113 Å². The monoisotopic (exact) mass is 260 g/mol. The Bertz CT molecular complexity index is 475. The molecule has 102 valence electrons. The number of hydrogen-bond acceptors (Lipinski definition) is 3. The molecule has 3 atom stereocenters. The maximum atomic E-state index is 12.3. The normalized spacial score (nSPS) is 28.6. The Morgan fingerprint density at radius 2 is 2.37 bits per heavy atom. The van der Waals surface area contributed by atoms with Crippen LogP contribution in [-0.2, 0) is 16.1 Å². The molecule has 0 aromatic heterocycles. The van der Waals surface area contributed by atoms with Crippen LogP contribution < -0.4 is 10.6 Å². The molecule has 0 radical (unpaired) electrons. The Balaban J connectivity index is 1.64. The van der Waals surface area contributed by atoms with Gasteiger partial charge >= 0.3 is 0 Å². The molecule has 1 aromatic carbocycles. The molecular weight excluding hydrogens is 240 g/mol. The van der Waals surface area contributed by atoms with E-state index in [1.807, 2.05) is 24.3 Å². The molecule has 0 aliphatic carbocycles. The third-order valence-corrected chi connectivity index (χ3v) is 4.14. The summed E-state index contributed by atoms with van der Waals surface area (Å²) >= 11 is 0. The van der Waals surface area contributed by atoms with Crippen LogP contribution in [0.25, 0.3) is 0 Å². The van der Waals surface area contributed by atoms with Crippen molar-refractivity contribution >= 4 is 11.6 Å². The number of ether oxygens (including phenoxy) is 1. The van der Waals surface area contributed by atoms with Gasteiger partial charge in [-0.1, -0.05) is 12.1 Å². The van der Waals surface area contributed by atoms with Gasteiger partial charge in [0.1, 0.15) is 0 Å². The van der Waals surface area contributed by atoms with Crippen molar-refractivity contribution in [3.8, 4) is 0 Å². The van der Waals surface area contributed by atoms with Crippen LogP contribution in [0, 0.1) is 5.92 Å². The number of carbonyl (C=O) groups is 1. The van der Waals surface area contributed by atoms with Gasteiger partial charge in [-0.25, -0.2) is 0 Å². The highest BCUT2D eigenvalue weighted by Crippen LogP contribution is 2.33. The SMILES string of the molecule is COCc1cccc(NC(=O)C2CC3CCC2N3)c1. The molecule has 1 amide bonds. The van der Waals surface area contributed by atoms with Crippen molar-refractivity contribution in [3.63, 3.8) is 0 Å². The Morgan fingerprint density at radius 1 is 1.47 bits per heavy atom. The lowest BCUT2D eigenvalue weighted by atomic mass is 9.88. The van der Waals surface area contributed by atoms with Crippen LogP contribution in [0.4, 0.5) is 5.69 Å². The molecule has 2 fully saturated rings. The number of rotatable bonds is 4. The van der Waals surface area contributed by atoms with E-state index in [1.165, 1.54) is 6.42 Å². The summed E-state index contributed by atoms with van der Waals surface area (Å²) in [5, 5.41) is 6.53. The number of benzene rings is 1. The summed E-state index contributed by atoms with van der Waals surface area (Å²) in [6, 6.07) is 8.79. The average molecular weight is 260 g/mol. The van der Waals surface area contributed by atoms with Crippen LogP contribution in [0.5, 0.6) is 0 Å². The summed E-state index contributed by atoms with van der Waals surface area (Å²) in [5.74, 6) is 0.277. The number of hydrogen-bond donors (Lipinski definition) is 2. The average Bonchev–Trinajstić information content (AvgIpc) is 3.02. The Kier molecular flexibility index (Phi) is 3.53. The van der Waals surface area contributed by atoms with Crippen LogP contribution in [0.2, 0.25) is 0 Å². The molecule has 4 nitrogen and oxygen atoms in total. The maximum absolute atomic E-state index is 12.3. The van der Waals surface area contributed by atoms with E-state index in [2.05, 4.69) is 10.6 Å². The summed E-state index contributed by atoms with van der Waals surface area (Å²) in [6.45, 7) is 0.569. The number of nitrogens with one attached hydrogen (secondary N) is 2. The predicted molar refractivity (Wildman–Crippen MR) is 73.8 cm³/mol. The van der Waals surface area contributed by atoms with Gasteiger partial charge in [0.2, 0.25) is 5.91 Å². The Hall–Kier alpha value is -1.39. The second-order valence-corrected chi connectivity index (χ2v) is 5.51. The van der Waals surface area contributed by atoms with Crippen molar-refractivity contribution in [2.45, 2.75) is 38.0 Å². The summed E-state index contributed by atoms with van der Waals surface area (Å²) in [5.41, 5.74) is 1.94. The van der Waals surface area contributed by atoms with Crippen LogP contribution >= 0.6 is 0 Å². The first-order valence-corrected chi connectivity index (χ1v) is 6.91. The van der Waals surface area contributed by atoms with E-state index in [1.54, 1.807) is 7.11 Å². The van der Waals surface area contributed by atoms with Gasteiger partial charge in [-0.05, 0) is 37.0 Å². The topological polar surface area (TPSA) is 50.4 Å². The predicted octanol–water partition coefficient (Wildman–Crippen LogP) is 1.91. The number of methoxy groups -OCH3 is 1.